The molecule has 1 heterocycles. The Morgan fingerprint density at radius 1 is 0.920 bits per heavy atom. The highest BCUT2D eigenvalue weighted by molar-refractivity contribution is 8.12. The summed E-state index contributed by atoms with van der Waals surface area (Å²) in [6.07, 6.45) is 4.62. The van der Waals surface area contributed by atoms with Gasteiger partial charge in [-0.05, 0) is 79.1 Å². The van der Waals surface area contributed by atoms with Crippen LogP contribution in [0.25, 0.3) is 22.2 Å². The molecule has 0 aliphatic carbocycles. The third kappa shape index (κ3) is 8.52. The van der Waals surface area contributed by atoms with Crippen LogP contribution >= 0.6 is 11.9 Å². The van der Waals surface area contributed by atoms with Gasteiger partial charge in [0.05, 0.1) is 22.6 Å². The Morgan fingerprint density at radius 3 is 2.30 bits per heavy atom. The Hall–Kier alpha value is -4.73. The van der Waals surface area contributed by atoms with Crippen molar-refractivity contribution >= 4 is 40.0 Å². The van der Waals surface area contributed by atoms with Crippen LogP contribution in [0.3, 0.4) is 0 Å². The third-order valence-electron chi connectivity index (χ3n) is 8.94. The zero-order chi connectivity index (χ0) is 35.8. The maximum absolute atomic E-state index is 14.4. The number of rotatable bonds is 14. The number of aromatic nitrogens is 2. The molecule has 1 aromatic heterocycles. The van der Waals surface area contributed by atoms with E-state index in [2.05, 4.69) is 18.4 Å². The molecule has 0 fully saturated rings. The molecule has 0 aliphatic rings. The van der Waals surface area contributed by atoms with Gasteiger partial charge in [-0.25, -0.2) is 9.78 Å². The lowest BCUT2D eigenvalue weighted by molar-refractivity contribution is -0.112. The summed E-state index contributed by atoms with van der Waals surface area (Å²) in [5.74, 6) is -0.281. The highest BCUT2D eigenvalue weighted by atomic mass is 32.2. The molecule has 0 saturated heterocycles. The number of amides is 1. The maximum atomic E-state index is 14.4. The van der Waals surface area contributed by atoms with Crippen LogP contribution in [0.15, 0.2) is 91.0 Å². The van der Waals surface area contributed by atoms with Crippen molar-refractivity contribution in [2.75, 3.05) is 0 Å². The molecule has 0 radical (unpaired) electrons. The molecule has 5 rings (SSSR count). The van der Waals surface area contributed by atoms with Crippen molar-refractivity contribution in [3.63, 3.8) is 0 Å². The minimum absolute atomic E-state index is 0.214. The summed E-state index contributed by atoms with van der Waals surface area (Å²) in [5.41, 5.74) is 13.2. The van der Waals surface area contributed by atoms with E-state index in [0.717, 1.165) is 76.7 Å². The molecule has 0 saturated carbocycles. The topological polar surface area (TPSA) is 119 Å². The van der Waals surface area contributed by atoms with E-state index in [4.69, 9.17) is 10.7 Å². The SMILES string of the molecule is CCCCC(N)C(=O)SN(C(=O)c1cc(C)c2nc(CCC)n(Cc3ccc(-c4ccccc4C(=O)O)cc3)c2c1)C(C)Cc1ccccc1. The van der Waals surface area contributed by atoms with Crippen molar-refractivity contribution in [3.8, 4) is 11.1 Å². The van der Waals surface area contributed by atoms with Crippen LogP contribution in [0.4, 0.5) is 0 Å². The van der Waals surface area contributed by atoms with Crippen LogP contribution in [-0.2, 0) is 24.2 Å². The summed E-state index contributed by atoms with van der Waals surface area (Å²) in [6.45, 7) is 8.64. The first kappa shape index (κ1) is 36.5. The van der Waals surface area contributed by atoms with Crippen molar-refractivity contribution in [3.05, 3.63) is 125 Å². The van der Waals surface area contributed by atoms with Crippen LogP contribution in [0.2, 0.25) is 0 Å². The minimum atomic E-state index is -0.963. The maximum Gasteiger partial charge on any atom is 0.336 e. The molecule has 0 spiro atoms. The summed E-state index contributed by atoms with van der Waals surface area (Å²) < 4.78 is 3.77. The summed E-state index contributed by atoms with van der Waals surface area (Å²) in [6, 6.07) is 27.7. The van der Waals surface area contributed by atoms with Gasteiger partial charge in [-0.15, -0.1) is 0 Å². The van der Waals surface area contributed by atoms with Crippen LogP contribution in [0.1, 0.15) is 89.7 Å². The van der Waals surface area contributed by atoms with Gasteiger partial charge in [0.15, 0.2) is 0 Å². The fraction of sp³-hybridized carbons (Fsp3) is 0.317. The zero-order valence-electron chi connectivity index (χ0n) is 29.3. The average Bonchev–Trinajstić information content (AvgIpc) is 3.46. The number of carbonyl (C=O) groups is 3. The van der Waals surface area contributed by atoms with Crippen molar-refractivity contribution in [1.82, 2.24) is 13.9 Å². The first-order valence-corrected chi connectivity index (χ1v) is 18.1. The van der Waals surface area contributed by atoms with E-state index in [9.17, 15) is 19.5 Å². The summed E-state index contributed by atoms with van der Waals surface area (Å²) in [5, 5.41) is 9.47. The van der Waals surface area contributed by atoms with Crippen molar-refractivity contribution < 1.29 is 19.5 Å². The van der Waals surface area contributed by atoms with Crippen molar-refractivity contribution in [2.24, 2.45) is 5.73 Å². The molecule has 260 valence electrons. The lowest BCUT2D eigenvalue weighted by atomic mass is 9.98. The van der Waals surface area contributed by atoms with Gasteiger partial charge in [0.1, 0.15) is 5.82 Å². The van der Waals surface area contributed by atoms with Gasteiger partial charge < -0.3 is 15.4 Å². The van der Waals surface area contributed by atoms with Gasteiger partial charge in [0, 0.05) is 36.5 Å². The fourth-order valence-corrected chi connectivity index (χ4v) is 7.14. The number of imidazole rings is 1. The molecular weight excluding hydrogens is 645 g/mol. The number of hydrogen-bond acceptors (Lipinski definition) is 6. The average molecular weight is 691 g/mol. The second-order valence-electron chi connectivity index (χ2n) is 12.9. The monoisotopic (exact) mass is 690 g/mol. The lowest BCUT2D eigenvalue weighted by Gasteiger charge is -2.28. The zero-order valence-corrected chi connectivity index (χ0v) is 30.1. The van der Waals surface area contributed by atoms with E-state index >= 15 is 0 Å². The van der Waals surface area contributed by atoms with Gasteiger partial charge in [0.25, 0.3) is 5.91 Å². The molecule has 8 nitrogen and oxygen atoms in total. The van der Waals surface area contributed by atoms with Crippen LogP contribution < -0.4 is 5.73 Å². The molecule has 50 heavy (non-hydrogen) atoms. The van der Waals surface area contributed by atoms with Crippen LogP contribution in [0.5, 0.6) is 0 Å². The normalized spacial score (nSPS) is 12.5. The molecule has 2 unspecified atom stereocenters. The second-order valence-corrected chi connectivity index (χ2v) is 13.9. The van der Waals surface area contributed by atoms with E-state index in [1.807, 2.05) is 92.7 Å². The predicted octanol–water partition coefficient (Wildman–Crippen LogP) is 8.48. The van der Waals surface area contributed by atoms with E-state index < -0.39 is 12.0 Å². The number of aromatic carboxylic acids is 1. The Balaban J connectivity index is 1.50. The number of carboxylic acid groups (broad SMARTS) is 1. The van der Waals surface area contributed by atoms with Crippen molar-refractivity contribution in [1.29, 1.82) is 0 Å². The van der Waals surface area contributed by atoms with Gasteiger partial charge in [0.2, 0.25) is 5.12 Å². The number of aryl methyl sites for hydroxylation is 2. The van der Waals surface area contributed by atoms with Gasteiger partial charge in [-0.1, -0.05) is 99.5 Å². The number of fused-ring (bicyclic) bond motifs is 1. The molecule has 4 aromatic carbocycles. The quantitative estimate of drug-likeness (QED) is 0.112. The van der Waals surface area contributed by atoms with E-state index in [1.54, 1.807) is 16.4 Å². The van der Waals surface area contributed by atoms with Gasteiger partial charge >= 0.3 is 5.97 Å². The largest absolute Gasteiger partial charge is 0.478 e. The highest BCUT2D eigenvalue weighted by Gasteiger charge is 2.29. The molecule has 2 atom stereocenters. The number of nitrogens with two attached hydrogens (primary N) is 1. The molecule has 0 aliphatic heterocycles. The number of unbranched alkanes of at least 4 members (excludes halogenated alkanes) is 1. The molecule has 9 heteroatoms. The molecule has 1 amide bonds. The first-order chi connectivity index (χ1) is 24.1. The van der Waals surface area contributed by atoms with Gasteiger partial charge in [-0.3, -0.25) is 13.9 Å². The Kier molecular flexibility index (Phi) is 12.3. The second kappa shape index (κ2) is 16.8. The first-order valence-electron chi connectivity index (χ1n) is 17.4. The number of nitrogens with zero attached hydrogens (tertiary/aromatic N) is 3. The third-order valence-corrected chi connectivity index (χ3v) is 10.1. The number of carboxylic acids is 1. The van der Waals surface area contributed by atoms with E-state index in [0.29, 0.717) is 30.5 Å². The number of benzene rings is 4. The summed E-state index contributed by atoms with van der Waals surface area (Å²) >= 11 is 0.928. The fourth-order valence-electron chi connectivity index (χ4n) is 6.25. The van der Waals surface area contributed by atoms with Gasteiger partial charge in [-0.2, -0.15) is 0 Å². The molecule has 5 aromatic rings. The number of carbonyl (C=O) groups excluding carboxylic acids is 2. The smallest absolute Gasteiger partial charge is 0.336 e. The molecule has 0 bridgehead atoms. The Labute approximate surface area is 298 Å². The number of hydrogen-bond donors (Lipinski definition) is 2. The molecular formula is C41H46N4O4S. The minimum Gasteiger partial charge on any atom is -0.478 e. The highest BCUT2D eigenvalue weighted by Crippen LogP contribution is 2.30. The van der Waals surface area contributed by atoms with Crippen LogP contribution in [-0.4, -0.2) is 48.0 Å². The summed E-state index contributed by atoms with van der Waals surface area (Å²) in [4.78, 5) is 44.6. The van der Waals surface area contributed by atoms with E-state index in [1.165, 1.54) is 0 Å². The standard InChI is InChI=1S/C41H46N4O4S/c1-5-7-18-35(42)41(49)50-45(28(4)24-29-14-9-8-10-15-29)39(46)32-23-27(3)38-36(25-32)44(37(43-38)13-6-2)26-30-19-21-31(22-20-30)33-16-11-12-17-34(33)40(47)48/h8-12,14-17,19-23,25,28,35H,5-7,13,18,24,26,42H2,1-4H3,(H,47,48). The van der Waals surface area contributed by atoms with Crippen LogP contribution in [0, 0.1) is 6.92 Å². The molecule has 3 N–H and O–H groups in total. The summed E-state index contributed by atoms with van der Waals surface area (Å²) in [7, 11) is 0. The Bertz CT molecular complexity index is 1960. The van der Waals surface area contributed by atoms with E-state index in [-0.39, 0.29) is 22.6 Å². The Morgan fingerprint density at radius 2 is 1.62 bits per heavy atom. The lowest BCUT2D eigenvalue weighted by Crippen LogP contribution is -2.39. The predicted molar refractivity (Wildman–Crippen MR) is 202 cm³/mol. The van der Waals surface area contributed by atoms with Crippen molar-refractivity contribution in [2.45, 2.75) is 84.8 Å².